The van der Waals surface area contributed by atoms with E-state index in [0.29, 0.717) is 5.25 Å². The molecule has 29 heavy (non-hydrogen) atoms. The largest absolute Gasteiger partial charge is 0.307 e. The first kappa shape index (κ1) is 18.9. The molecule has 4 aromatic rings. The number of aromatic nitrogens is 1. The molecule has 0 saturated heterocycles. The van der Waals surface area contributed by atoms with Crippen molar-refractivity contribution in [3.8, 4) is 0 Å². The minimum Gasteiger partial charge on any atom is -0.307 e. The van der Waals surface area contributed by atoms with Gasteiger partial charge in [0, 0.05) is 20.4 Å². The first-order valence-electron chi connectivity index (χ1n) is 10.0. The van der Waals surface area contributed by atoms with E-state index in [1.165, 1.54) is 43.5 Å². The molecule has 0 aliphatic carbocycles. The van der Waals surface area contributed by atoms with Crippen molar-refractivity contribution in [1.29, 1.82) is 0 Å². The third-order valence-electron chi connectivity index (χ3n) is 5.44. The highest BCUT2D eigenvalue weighted by Gasteiger charge is 2.34. The van der Waals surface area contributed by atoms with E-state index in [2.05, 4.69) is 116 Å². The van der Waals surface area contributed by atoms with Crippen LogP contribution in [0.3, 0.4) is 0 Å². The Morgan fingerprint density at radius 1 is 0.793 bits per heavy atom. The van der Waals surface area contributed by atoms with Gasteiger partial charge >= 0.3 is 0 Å². The molecule has 1 atom stereocenters. The molecular formula is C26H25NS2. The minimum absolute atomic E-state index is 0.170. The Morgan fingerprint density at radius 3 is 2.21 bits per heavy atom. The molecule has 0 fully saturated rings. The molecule has 0 bridgehead atoms. The summed E-state index contributed by atoms with van der Waals surface area (Å²) in [6.07, 6.45) is 2.23. The molecule has 3 heteroatoms. The lowest BCUT2D eigenvalue weighted by molar-refractivity contribution is 0.797. The molecule has 1 aromatic heterocycles. The number of hydrogen-bond donors (Lipinski definition) is 0. The van der Waals surface area contributed by atoms with Gasteiger partial charge in [-0.25, -0.2) is 0 Å². The summed E-state index contributed by atoms with van der Waals surface area (Å²) in [4.78, 5) is 1.44. The molecular weight excluding hydrogens is 390 g/mol. The highest BCUT2D eigenvalue weighted by Crippen LogP contribution is 2.55. The summed E-state index contributed by atoms with van der Waals surface area (Å²) < 4.78 is 2.69. The van der Waals surface area contributed by atoms with Crippen LogP contribution in [0.1, 0.15) is 37.1 Å². The maximum Gasteiger partial charge on any atom is 0.0653 e. The van der Waals surface area contributed by atoms with Crippen molar-refractivity contribution in [3.63, 3.8) is 0 Å². The molecule has 1 aliphatic heterocycles. The highest BCUT2D eigenvalue weighted by molar-refractivity contribution is 8.06. The second-order valence-corrected chi connectivity index (χ2v) is 11.3. The van der Waals surface area contributed by atoms with Gasteiger partial charge in [-0.05, 0) is 23.4 Å². The molecule has 0 saturated carbocycles. The lowest BCUT2D eigenvalue weighted by Crippen LogP contribution is -2.18. The van der Waals surface area contributed by atoms with Crippen molar-refractivity contribution in [2.24, 2.45) is 0 Å². The maximum atomic E-state index is 2.51. The Balaban J connectivity index is 1.95. The van der Waals surface area contributed by atoms with E-state index in [9.17, 15) is 0 Å². The monoisotopic (exact) mass is 415 g/mol. The van der Waals surface area contributed by atoms with Crippen molar-refractivity contribution < 1.29 is 0 Å². The molecule has 3 aromatic carbocycles. The van der Waals surface area contributed by atoms with Crippen molar-refractivity contribution in [3.05, 3.63) is 88.8 Å². The molecule has 0 amide bonds. The van der Waals surface area contributed by atoms with E-state index in [1.54, 1.807) is 0 Å². The number of para-hydroxylation sites is 2. The minimum atomic E-state index is 0.170. The molecule has 0 N–H and O–H groups in total. The average Bonchev–Trinajstić information content (AvgIpc) is 3.05. The smallest absolute Gasteiger partial charge is 0.0653 e. The Bertz CT molecular complexity index is 1240. The number of nitrogens with zero attached hydrogens (tertiary/aromatic N) is 1. The van der Waals surface area contributed by atoms with Gasteiger partial charge in [0.1, 0.15) is 0 Å². The zero-order valence-corrected chi connectivity index (χ0v) is 18.9. The third kappa shape index (κ3) is 3.03. The van der Waals surface area contributed by atoms with Crippen LogP contribution in [0.5, 0.6) is 0 Å². The molecule has 1 aliphatic rings. The summed E-state index contributed by atoms with van der Waals surface area (Å²) in [6.45, 7) is 6.96. The Hall–Kier alpha value is -2.10. The fourth-order valence-electron chi connectivity index (χ4n) is 4.41. The predicted octanol–water partition coefficient (Wildman–Crippen LogP) is 7.96. The molecule has 146 valence electrons. The van der Waals surface area contributed by atoms with E-state index >= 15 is 0 Å². The van der Waals surface area contributed by atoms with E-state index in [1.807, 2.05) is 11.8 Å². The summed E-state index contributed by atoms with van der Waals surface area (Å²) in [7, 11) is 0. The van der Waals surface area contributed by atoms with E-state index in [0.717, 1.165) is 0 Å². The number of benzene rings is 3. The van der Waals surface area contributed by atoms with Crippen LogP contribution in [-0.4, -0.2) is 15.6 Å². The van der Waals surface area contributed by atoms with Gasteiger partial charge in [0.05, 0.1) is 22.0 Å². The molecule has 0 radical (unpaired) electrons. The Morgan fingerprint density at radius 2 is 1.48 bits per heavy atom. The molecule has 2 heterocycles. The van der Waals surface area contributed by atoms with Crippen LogP contribution in [0.4, 0.5) is 0 Å². The maximum absolute atomic E-state index is 2.51. The summed E-state index contributed by atoms with van der Waals surface area (Å²) in [5, 5.41) is 3.02. The van der Waals surface area contributed by atoms with Crippen molar-refractivity contribution in [1.82, 2.24) is 4.57 Å². The Labute approximate surface area is 181 Å². The predicted molar refractivity (Wildman–Crippen MR) is 132 cm³/mol. The van der Waals surface area contributed by atoms with Crippen LogP contribution in [0.15, 0.2) is 77.7 Å². The lowest BCUT2D eigenvalue weighted by Gasteiger charge is -2.34. The van der Waals surface area contributed by atoms with Crippen LogP contribution in [-0.2, 0) is 0 Å². The van der Waals surface area contributed by atoms with Crippen LogP contribution in [0.25, 0.3) is 27.5 Å². The van der Waals surface area contributed by atoms with Crippen LogP contribution in [0, 0.1) is 0 Å². The molecule has 1 unspecified atom stereocenters. The number of rotatable bonds is 3. The van der Waals surface area contributed by atoms with E-state index < -0.39 is 0 Å². The van der Waals surface area contributed by atoms with Gasteiger partial charge in [-0.15, -0.1) is 23.5 Å². The standard InChI is InChI=1S/C26H25NS2/c1-26(2,3)29-24-20-15-10-14-19-18-13-8-9-16-21(18)27(23(19)20)22(25(24)28-4)17-11-6-5-7-12-17/h5-16,24H,1-4H3. The van der Waals surface area contributed by atoms with Gasteiger partial charge < -0.3 is 4.57 Å². The fourth-order valence-corrected chi connectivity index (χ4v) is 6.83. The molecule has 1 nitrogen and oxygen atoms in total. The van der Waals surface area contributed by atoms with Crippen molar-refractivity contribution in [2.75, 3.05) is 6.26 Å². The second kappa shape index (κ2) is 7.00. The third-order valence-corrected chi connectivity index (χ3v) is 7.89. The van der Waals surface area contributed by atoms with Crippen molar-refractivity contribution in [2.45, 2.75) is 30.8 Å². The topological polar surface area (TPSA) is 4.93 Å². The average molecular weight is 416 g/mol. The summed E-state index contributed by atoms with van der Waals surface area (Å²) >= 11 is 3.96. The second-order valence-electron chi connectivity index (χ2n) is 8.49. The Kier molecular flexibility index (Phi) is 4.56. The molecule has 0 spiro atoms. The van der Waals surface area contributed by atoms with E-state index in [-0.39, 0.29) is 4.75 Å². The van der Waals surface area contributed by atoms with Gasteiger partial charge in [-0.1, -0.05) is 87.5 Å². The van der Waals surface area contributed by atoms with Gasteiger partial charge in [0.25, 0.3) is 0 Å². The lowest BCUT2D eigenvalue weighted by atomic mass is 10.0. The highest BCUT2D eigenvalue weighted by atomic mass is 32.2. The SMILES string of the molecule is CSC1=C(c2ccccc2)n2c3ccccc3c3cccc(c32)C1SC(C)(C)C. The number of hydrogen-bond acceptors (Lipinski definition) is 2. The van der Waals surface area contributed by atoms with E-state index in [4.69, 9.17) is 0 Å². The van der Waals surface area contributed by atoms with Gasteiger partial charge in [0.2, 0.25) is 0 Å². The summed E-state index contributed by atoms with van der Waals surface area (Å²) in [5.74, 6) is 0. The number of thioether (sulfide) groups is 2. The van der Waals surface area contributed by atoms with Crippen LogP contribution >= 0.6 is 23.5 Å². The first-order chi connectivity index (χ1) is 14.0. The number of fused-ring (bicyclic) bond motifs is 3. The normalized spacial score (nSPS) is 16.8. The zero-order chi connectivity index (χ0) is 20.2. The zero-order valence-electron chi connectivity index (χ0n) is 17.3. The van der Waals surface area contributed by atoms with Gasteiger partial charge in [0.15, 0.2) is 0 Å². The van der Waals surface area contributed by atoms with Crippen LogP contribution in [0.2, 0.25) is 0 Å². The first-order valence-corrected chi connectivity index (χ1v) is 12.1. The van der Waals surface area contributed by atoms with Gasteiger partial charge in [-0.2, -0.15) is 0 Å². The molecule has 5 rings (SSSR count). The summed E-state index contributed by atoms with van der Waals surface area (Å²) in [5.41, 5.74) is 6.72. The fraction of sp³-hybridized carbons (Fsp3) is 0.231. The van der Waals surface area contributed by atoms with Crippen molar-refractivity contribution >= 4 is 51.0 Å². The van der Waals surface area contributed by atoms with Crippen LogP contribution < -0.4 is 0 Å². The van der Waals surface area contributed by atoms with Gasteiger partial charge in [-0.3, -0.25) is 0 Å². The quantitative estimate of drug-likeness (QED) is 0.334. The summed E-state index contributed by atoms with van der Waals surface area (Å²) in [6, 6.07) is 26.6.